The molecule has 1 aliphatic heterocycles. The molecule has 1 unspecified atom stereocenters. The number of hydrogen-bond donors (Lipinski definition) is 1. The number of carbonyl (C=O) groups is 3. The molecule has 0 radical (unpaired) electrons. The van der Waals surface area contributed by atoms with Crippen molar-refractivity contribution in [3.63, 3.8) is 0 Å². The second kappa shape index (κ2) is 7.15. The van der Waals surface area contributed by atoms with E-state index >= 15 is 0 Å². The number of nitrogens with zero attached hydrogens (tertiary/aromatic N) is 3. The smallest absolute Gasteiger partial charge is 0.289 e. The van der Waals surface area contributed by atoms with Gasteiger partial charge in [-0.1, -0.05) is 18.2 Å². The van der Waals surface area contributed by atoms with Crippen LogP contribution in [0, 0.1) is 0 Å². The van der Waals surface area contributed by atoms with Crippen LogP contribution in [0.25, 0.3) is 0 Å². The van der Waals surface area contributed by atoms with Crippen LogP contribution < -0.4 is 10.3 Å². The highest BCUT2D eigenvalue weighted by atomic mass is 16.2. The number of para-hydroxylation sites is 1. The molecule has 1 aromatic rings. The van der Waals surface area contributed by atoms with Crippen molar-refractivity contribution in [2.45, 2.75) is 25.8 Å². The number of hydrogen-bond acceptors (Lipinski definition) is 4. The van der Waals surface area contributed by atoms with Gasteiger partial charge in [-0.3, -0.25) is 14.4 Å². The van der Waals surface area contributed by atoms with Crippen LogP contribution in [0.5, 0.6) is 0 Å². The van der Waals surface area contributed by atoms with E-state index in [1.807, 2.05) is 37.3 Å². The molecule has 1 heterocycles. The first-order chi connectivity index (χ1) is 11.0. The maximum absolute atomic E-state index is 12.6. The van der Waals surface area contributed by atoms with Crippen LogP contribution in [-0.2, 0) is 14.4 Å². The summed E-state index contributed by atoms with van der Waals surface area (Å²) in [5.41, 5.74) is 0.910. The van der Waals surface area contributed by atoms with Crippen molar-refractivity contribution >= 4 is 29.1 Å². The number of carbonyl (C=O) groups excluding carboxylic acids is 3. The average Bonchev–Trinajstić information content (AvgIpc) is 2.77. The van der Waals surface area contributed by atoms with E-state index < -0.39 is 5.91 Å². The average molecular weight is 316 g/mol. The van der Waals surface area contributed by atoms with Gasteiger partial charge in [0, 0.05) is 26.9 Å². The van der Waals surface area contributed by atoms with Gasteiger partial charge < -0.3 is 5.32 Å². The molecule has 0 aliphatic carbocycles. The number of nitrogens with one attached hydrogen (secondary N) is 1. The van der Waals surface area contributed by atoms with Gasteiger partial charge in [0.15, 0.2) is 0 Å². The SMILES string of the molecule is CNC(=O)CCC(=O)N=C1C(=O)N(c2ccccc2)N(C)C1C. The summed E-state index contributed by atoms with van der Waals surface area (Å²) >= 11 is 0. The lowest BCUT2D eigenvalue weighted by Crippen LogP contribution is -2.38. The van der Waals surface area contributed by atoms with Crippen LogP contribution in [0.2, 0.25) is 0 Å². The zero-order valence-electron chi connectivity index (χ0n) is 13.4. The van der Waals surface area contributed by atoms with Gasteiger partial charge >= 0.3 is 0 Å². The molecule has 1 aliphatic rings. The molecular weight excluding hydrogens is 296 g/mol. The van der Waals surface area contributed by atoms with Gasteiger partial charge in [0.1, 0.15) is 5.71 Å². The maximum atomic E-state index is 12.6. The molecule has 23 heavy (non-hydrogen) atoms. The number of amides is 3. The fourth-order valence-corrected chi connectivity index (χ4v) is 2.33. The molecule has 0 bridgehead atoms. The summed E-state index contributed by atoms with van der Waals surface area (Å²) in [5.74, 6) is -1.01. The van der Waals surface area contributed by atoms with E-state index in [0.29, 0.717) is 0 Å². The van der Waals surface area contributed by atoms with Crippen LogP contribution in [0.4, 0.5) is 5.69 Å². The van der Waals surface area contributed by atoms with Gasteiger partial charge in [0.2, 0.25) is 11.8 Å². The normalized spacial score (nSPS) is 20.1. The summed E-state index contributed by atoms with van der Waals surface area (Å²) in [4.78, 5) is 39.6. The third-order valence-corrected chi connectivity index (χ3v) is 3.77. The standard InChI is InChI=1S/C16H20N4O3/c1-11-15(18-14(22)10-9-13(21)17-2)16(23)20(19(11)3)12-7-5-4-6-8-12/h4-8,11H,9-10H2,1-3H3,(H,17,21). The number of rotatable bonds is 4. The lowest BCUT2D eigenvalue weighted by Gasteiger charge is -2.25. The van der Waals surface area contributed by atoms with E-state index in [4.69, 9.17) is 0 Å². The van der Waals surface area contributed by atoms with Crippen LogP contribution in [-0.4, -0.2) is 48.6 Å². The van der Waals surface area contributed by atoms with Crippen LogP contribution in [0.15, 0.2) is 35.3 Å². The number of hydrazine groups is 1. The molecule has 1 saturated heterocycles. The minimum absolute atomic E-state index is 0.0157. The van der Waals surface area contributed by atoms with E-state index in [1.54, 1.807) is 12.1 Å². The predicted molar refractivity (Wildman–Crippen MR) is 86.9 cm³/mol. The van der Waals surface area contributed by atoms with Gasteiger partial charge in [-0.15, -0.1) is 0 Å². The Morgan fingerprint density at radius 3 is 2.48 bits per heavy atom. The summed E-state index contributed by atoms with van der Waals surface area (Å²) < 4.78 is 0. The van der Waals surface area contributed by atoms with Crippen LogP contribution >= 0.6 is 0 Å². The molecule has 7 heteroatoms. The van der Waals surface area contributed by atoms with Crippen molar-refractivity contribution in [2.75, 3.05) is 19.1 Å². The lowest BCUT2D eigenvalue weighted by molar-refractivity contribution is -0.124. The zero-order valence-corrected chi connectivity index (χ0v) is 13.4. The van der Waals surface area contributed by atoms with Crippen molar-refractivity contribution in [1.82, 2.24) is 10.3 Å². The monoisotopic (exact) mass is 316 g/mol. The van der Waals surface area contributed by atoms with Crippen molar-refractivity contribution in [1.29, 1.82) is 0 Å². The molecule has 0 aromatic heterocycles. The molecule has 7 nitrogen and oxygen atoms in total. The Bertz CT molecular complexity index is 642. The van der Waals surface area contributed by atoms with Crippen LogP contribution in [0.1, 0.15) is 19.8 Å². The fraction of sp³-hybridized carbons (Fsp3) is 0.375. The second-order valence-corrected chi connectivity index (χ2v) is 5.27. The lowest BCUT2D eigenvalue weighted by atomic mass is 10.2. The number of anilines is 1. The van der Waals surface area contributed by atoms with Crippen molar-refractivity contribution in [3.05, 3.63) is 30.3 Å². The summed E-state index contributed by atoms with van der Waals surface area (Å²) in [6, 6.07) is 8.86. The summed E-state index contributed by atoms with van der Waals surface area (Å²) in [6.45, 7) is 1.81. The minimum atomic E-state index is -0.466. The molecule has 2 rings (SSSR count). The number of aliphatic imine (C=N–C) groups is 1. The number of benzene rings is 1. The van der Waals surface area contributed by atoms with E-state index in [2.05, 4.69) is 10.3 Å². The second-order valence-electron chi connectivity index (χ2n) is 5.27. The Kier molecular flexibility index (Phi) is 5.23. The predicted octanol–water partition coefficient (Wildman–Crippen LogP) is 0.762. The Labute approximate surface area is 134 Å². The summed E-state index contributed by atoms with van der Waals surface area (Å²) in [6.07, 6.45) is 0.0468. The van der Waals surface area contributed by atoms with Crippen LogP contribution in [0.3, 0.4) is 0 Å². The van der Waals surface area contributed by atoms with Gasteiger partial charge in [0.25, 0.3) is 5.91 Å². The van der Waals surface area contributed by atoms with Crippen molar-refractivity contribution < 1.29 is 14.4 Å². The third kappa shape index (κ3) is 3.62. The Hall–Kier alpha value is -2.54. The molecule has 3 amide bonds. The largest absolute Gasteiger partial charge is 0.359 e. The quantitative estimate of drug-likeness (QED) is 0.889. The molecule has 0 saturated carbocycles. The maximum Gasteiger partial charge on any atom is 0.289 e. The van der Waals surface area contributed by atoms with Gasteiger partial charge in [-0.05, 0) is 19.1 Å². The Morgan fingerprint density at radius 1 is 1.22 bits per heavy atom. The Balaban J connectivity index is 2.17. The highest BCUT2D eigenvalue weighted by Gasteiger charge is 2.40. The minimum Gasteiger partial charge on any atom is -0.359 e. The molecule has 1 atom stereocenters. The Morgan fingerprint density at radius 2 is 1.87 bits per heavy atom. The van der Waals surface area contributed by atoms with E-state index in [9.17, 15) is 14.4 Å². The summed E-state index contributed by atoms with van der Waals surface area (Å²) in [7, 11) is 3.28. The van der Waals surface area contributed by atoms with E-state index in [1.165, 1.54) is 12.1 Å². The first-order valence-corrected chi connectivity index (χ1v) is 7.40. The van der Waals surface area contributed by atoms with E-state index in [-0.39, 0.29) is 36.4 Å². The first kappa shape index (κ1) is 16.8. The van der Waals surface area contributed by atoms with Crippen molar-refractivity contribution in [3.8, 4) is 0 Å². The van der Waals surface area contributed by atoms with E-state index in [0.717, 1.165) is 5.69 Å². The third-order valence-electron chi connectivity index (χ3n) is 3.77. The molecule has 0 spiro atoms. The molecular formula is C16H20N4O3. The molecule has 1 aromatic carbocycles. The topological polar surface area (TPSA) is 82.1 Å². The van der Waals surface area contributed by atoms with Crippen molar-refractivity contribution in [2.24, 2.45) is 4.99 Å². The summed E-state index contributed by atoms with van der Waals surface area (Å²) in [5, 5.41) is 5.68. The first-order valence-electron chi connectivity index (χ1n) is 7.40. The highest BCUT2D eigenvalue weighted by Crippen LogP contribution is 2.24. The molecule has 1 fully saturated rings. The van der Waals surface area contributed by atoms with Gasteiger partial charge in [-0.25, -0.2) is 15.0 Å². The zero-order chi connectivity index (χ0) is 17.0. The highest BCUT2D eigenvalue weighted by molar-refractivity contribution is 6.48. The molecule has 122 valence electrons. The van der Waals surface area contributed by atoms with Gasteiger partial charge in [-0.2, -0.15) is 0 Å². The fourth-order valence-electron chi connectivity index (χ4n) is 2.33. The van der Waals surface area contributed by atoms with Gasteiger partial charge in [0.05, 0.1) is 11.7 Å². The molecule has 1 N–H and O–H groups in total.